The minimum atomic E-state index is -0.372. The van der Waals surface area contributed by atoms with E-state index >= 15 is 0 Å². The number of carbonyl (C=O) groups excluding carboxylic acids is 1. The monoisotopic (exact) mass is 329 g/mol. The molecular weight excluding hydrogens is 314 g/mol. The first-order valence-corrected chi connectivity index (χ1v) is 7.69. The molecule has 0 aliphatic rings. The Morgan fingerprint density at radius 1 is 1.26 bits per heavy atom. The maximum absolute atomic E-state index is 11.9. The second kappa shape index (κ2) is 5.85. The van der Waals surface area contributed by atoms with Gasteiger partial charge in [0.25, 0.3) is 0 Å². The number of aryl methyl sites for hydroxylation is 1. The number of rotatable bonds is 3. The highest BCUT2D eigenvalue weighted by molar-refractivity contribution is 7.20. The van der Waals surface area contributed by atoms with Crippen LogP contribution in [0.5, 0.6) is 5.75 Å². The number of ether oxygens (including phenoxy) is 1. The number of aromatic nitrogens is 2. The van der Waals surface area contributed by atoms with Gasteiger partial charge in [-0.25, -0.2) is 14.8 Å². The summed E-state index contributed by atoms with van der Waals surface area (Å²) in [5.74, 6) is 0.531. The highest BCUT2D eigenvalue weighted by Gasteiger charge is 2.21. The Labute approximate surface area is 137 Å². The number of carbonyl (C=O) groups is 1. The number of phenols is 1. The van der Waals surface area contributed by atoms with E-state index in [1.807, 2.05) is 18.9 Å². The highest BCUT2D eigenvalue weighted by Crippen LogP contribution is 2.37. The predicted octanol–water partition coefficient (Wildman–Crippen LogP) is 3.26. The van der Waals surface area contributed by atoms with Crippen LogP contribution in [0.15, 0.2) is 30.6 Å². The van der Waals surface area contributed by atoms with Crippen LogP contribution in [0.25, 0.3) is 10.2 Å². The summed E-state index contributed by atoms with van der Waals surface area (Å²) in [5, 5.41) is 10.2. The lowest BCUT2D eigenvalue weighted by molar-refractivity contribution is 0.0605. The molecule has 0 fully saturated rings. The number of hydrogen-bond acceptors (Lipinski definition) is 7. The maximum atomic E-state index is 11.9. The number of thiophene rings is 1. The van der Waals surface area contributed by atoms with Gasteiger partial charge in [-0.05, 0) is 36.8 Å². The summed E-state index contributed by atoms with van der Waals surface area (Å²) in [6, 6.07) is 6.83. The molecule has 23 heavy (non-hydrogen) atoms. The average Bonchev–Trinajstić information content (AvgIpc) is 2.91. The Kier molecular flexibility index (Phi) is 3.87. The predicted molar refractivity (Wildman–Crippen MR) is 89.7 cm³/mol. The minimum Gasteiger partial charge on any atom is -0.508 e. The Morgan fingerprint density at radius 2 is 1.96 bits per heavy atom. The van der Waals surface area contributed by atoms with Crippen LogP contribution in [-0.4, -0.2) is 35.2 Å². The van der Waals surface area contributed by atoms with Crippen molar-refractivity contribution in [2.45, 2.75) is 6.92 Å². The van der Waals surface area contributed by atoms with Crippen LogP contribution in [-0.2, 0) is 4.74 Å². The van der Waals surface area contributed by atoms with Crippen molar-refractivity contribution in [3.05, 3.63) is 41.0 Å². The van der Waals surface area contributed by atoms with Crippen molar-refractivity contribution in [2.24, 2.45) is 0 Å². The second-order valence-electron chi connectivity index (χ2n) is 5.00. The van der Waals surface area contributed by atoms with Crippen molar-refractivity contribution in [1.29, 1.82) is 0 Å². The number of phenolic OH excluding ortho intramolecular Hbond substituents is 1. The number of aromatic hydroxyl groups is 1. The molecule has 0 aliphatic carbocycles. The molecule has 1 aromatic carbocycles. The fourth-order valence-electron chi connectivity index (χ4n) is 2.39. The summed E-state index contributed by atoms with van der Waals surface area (Å²) in [5.41, 5.74) is 1.67. The Morgan fingerprint density at radius 3 is 2.61 bits per heavy atom. The standard InChI is InChI=1S/C16H15N3O3S/c1-9-12-14(19(2)10-4-6-11(20)7-5-10)17-8-18-15(12)23-13(9)16(21)22-3/h4-8,20H,1-3H3. The van der Waals surface area contributed by atoms with Crippen LogP contribution in [0.2, 0.25) is 0 Å². The molecule has 7 heteroatoms. The van der Waals surface area contributed by atoms with Gasteiger partial charge in [-0.15, -0.1) is 11.3 Å². The Hall–Kier alpha value is -2.67. The van der Waals surface area contributed by atoms with E-state index in [-0.39, 0.29) is 11.7 Å². The molecule has 3 aromatic rings. The molecule has 0 atom stereocenters. The molecule has 0 bridgehead atoms. The molecule has 1 N–H and O–H groups in total. The Balaban J connectivity index is 2.15. The molecule has 0 saturated heterocycles. The molecule has 2 heterocycles. The van der Waals surface area contributed by atoms with Crippen molar-refractivity contribution >= 4 is 39.0 Å². The van der Waals surface area contributed by atoms with Crippen LogP contribution in [0.4, 0.5) is 11.5 Å². The smallest absolute Gasteiger partial charge is 0.348 e. The quantitative estimate of drug-likeness (QED) is 0.743. The summed E-state index contributed by atoms with van der Waals surface area (Å²) in [4.78, 5) is 23.7. The molecule has 2 aromatic heterocycles. The van der Waals surface area contributed by atoms with Crippen molar-refractivity contribution in [3.8, 4) is 5.75 Å². The third kappa shape index (κ3) is 2.59. The molecule has 118 valence electrons. The molecule has 0 saturated carbocycles. The van der Waals surface area contributed by atoms with Gasteiger partial charge in [0, 0.05) is 12.7 Å². The van der Waals surface area contributed by atoms with E-state index in [2.05, 4.69) is 9.97 Å². The summed E-state index contributed by atoms with van der Waals surface area (Å²) in [6.45, 7) is 1.86. The fraction of sp³-hybridized carbons (Fsp3) is 0.188. The minimum absolute atomic E-state index is 0.203. The van der Waals surface area contributed by atoms with Gasteiger partial charge >= 0.3 is 5.97 Å². The summed E-state index contributed by atoms with van der Waals surface area (Å²) >= 11 is 1.29. The first-order valence-electron chi connectivity index (χ1n) is 6.88. The first kappa shape index (κ1) is 15.2. The van der Waals surface area contributed by atoms with E-state index in [1.54, 1.807) is 24.3 Å². The normalized spacial score (nSPS) is 10.7. The van der Waals surface area contributed by atoms with Gasteiger partial charge in [0.05, 0.1) is 12.5 Å². The van der Waals surface area contributed by atoms with E-state index in [0.29, 0.717) is 10.7 Å². The van der Waals surface area contributed by atoms with Gasteiger partial charge in [-0.3, -0.25) is 0 Å². The lowest BCUT2D eigenvalue weighted by Crippen LogP contribution is -2.12. The SMILES string of the molecule is COC(=O)c1sc2ncnc(N(C)c3ccc(O)cc3)c2c1C. The highest BCUT2D eigenvalue weighted by atomic mass is 32.1. The van der Waals surface area contributed by atoms with E-state index in [0.717, 1.165) is 21.5 Å². The number of anilines is 2. The molecular formula is C16H15N3O3S. The second-order valence-corrected chi connectivity index (χ2v) is 6.00. The number of nitrogens with zero attached hydrogens (tertiary/aromatic N) is 3. The molecule has 0 aliphatic heterocycles. The van der Waals surface area contributed by atoms with Crippen molar-refractivity contribution in [2.75, 3.05) is 19.1 Å². The van der Waals surface area contributed by atoms with Crippen LogP contribution >= 0.6 is 11.3 Å². The molecule has 0 spiro atoms. The third-order valence-corrected chi connectivity index (χ3v) is 4.81. The topological polar surface area (TPSA) is 75.5 Å². The summed E-state index contributed by atoms with van der Waals surface area (Å²) in [7, 11) is 3.24. The van der Waals surface area contributed by atoms with Gasteiger partial charge < -0.3 is 14.7 Å². The zero-order chi connectivity index (χ0) is 16.6. The number of fused-ring (bicyclic) bond motifs is 1. The molecule has 6 nitrogen and oxygen atoms in total. The Bertz CT molecular complexity index is 874. The molecule has 3 rings (SSSR count). The van der Waals surface area contributed by atoms with Crippen LogP contribution in [0, 0.1) is 6.92 Å². The van der Waals surface area contributed by atoms with Crippen molar-refractivity contribution in [1.82, 2.24) is 9.97 Å². The van der Waals surface area contributed by atoms with Crippen LogP contribution in [0.1, 0.15) is 15.2 Å². The van der Waals surface area contributed by atoms with E-state index in [1.165, 1.54) is 24.8 Å². The number of benzene rings is 1. The van der Waals surface area contributed by atoms with Gasteiger partial charge in [0.2, 0.25) is 0 Å². The van der Waals surface area contributed by atoms with Crippen molar-refractivity contribution < 1.29 is 14.6 Å². The van der Waals surface area contributed by atoms with Gasteiger partial charge in [-0.2, -0.15) is 0 Å². The third-order valence-electron chi connectivity index (χ3n) is 3.63. The van der Waals surface area contributed by atoms with Crippen LogP contribution in [0.3, 0.4) is 0 Å². The summed E-state index contributed by atoms with van der Waals surface area (Å²) in [6.07, 6.45) is 1.48. The molecule has 0 radical (unpaired) electrons. The fourth-order valence-corrected chi connectivity index (χ4v) is 3.45. The van der Waals surface area contributed by atoms with Crippen molar-refractivity contribution in [3.63, 3.8) is 0 Å². The van der Waals surface area contributed by atoms with E-state index < -0.39 is 0 Å². The molecule has 0 unspecified atom stereocenters. The maximum Gasteiger partial charge on any atom is 0.348 e. The number of methoxy groups -OCH3 is 1. The van der Waals surface area contributed by atoms with Gasteiger partial charge in [-0.1, -0.05) is 0 Å². The number of hydrogen-bond donors (Lipinski definition) is 1. The largest absolute Gasteiger partial charge is 0.508 e. The molecule has 0 amide bonds. The van der Waals surface area contributed by atoms with E-state index in [4.69, 9.17) is 4.74 Å². The summed E-state index contributed by atoms with van der Waals surface area (Å²) < 4.78 is 4.83. The zero-order valence-corrected chi connectivity index (χ0v) is 13.7. The van der Waals surface area contributed by atoms with Gasteiger partial charge in [0.1, 0.15) is 27.6 Å². The lowest BCUT2D eigenvalue weighted by atomic mass is 10.2. The first-order chi connectivity index (χ1) is 11.0. The number of esters is 1. The average molecular weight is 329 g/mol. The zero-order valence-electron chi connectivity index (χ0n) is 12.9. The van der Waals surface area contributed by atoms with Gasteiger partial charge in [0.15, 0.2) is 0 Å². The van der Waals surface area contributed by atoms with Crippen LogP contribution < -0.4 is 4.90 Å². The lowest BCUT2D eigenvalue weighted by Gasteiger charge is -2.19. The van der Waals surface area contributed by atoms with E-state index in [9.17, 15) is 9.90 Å².